The van der Waals surface area contributed by atoms with Gasteiger partial charge in [0.05, 0.1) is 0 Å². The van der Waals surface area contributed by atoms with Gasteiger partial charge in [0.15, 0.2) is 0 Å². The highest BCUT2D eigenvalue weighted by atomic mass is 79.9. The Balaban J connectivity index is 1.98. The SMILES string of the molecule is Fc1ccc(C(Br)Cc2cccc(Cl)c2)c2ccccc12. The minimum atomic E-state index is -0.184. The Kier molecular flexibility index (Phi) is 4.27. The third-order valence-electron chi connectivity index (χ3n) is 3.55. The van der Waals surface area contributed by atoms with Crippen LogP contribution in [-0.4, -0.2) is 0 Å². The summed E-state index contributed by atoms with van der Waals surface area (Å²) in [5.41, 5.74) is 2.24. The Morgan fingerprint density at radius 2 is 1.71 bits per heavy atom. The summed E-state index contributed by atoms with van der Waals surface area (Å²) < 4.78 is 13.9. The molecule has 0 aliphatic heterocycles. The highest BCUT2D eigenvalue weighted by molar-refractivity contribution is 9.09. The lowest BCUT2D eigenvalue weighted by atomic mass is 9.98. The Bertz CT molecular complexity index is 785. The first-order valence-corrected chi connectivity index (χ1v) is 8.00. The average Bonchev–Trinajstić information content (AvgIpc) is 2.48. The van der Waals surface area contributed by atoms with E-state index in [1.165, 1.54) is 6.07 Å². The molecule has 1 unspecified atom stereocenters. The summed E-state index contributed by atoms with van der Waals surface area (Å²) in [4.78, 5) is 0.112. The van der Waals surface area contributed by atoms with Crippen LogP contribution in [0.1, 0.15) is 16.0 Å². The fourth-order valence-electron chi connectivity index (χ4n) is 2.54. The molecule has 0 spiro atoms. The second-order valence-electron chi connectivity index (χ2n) is 4.98. The summed E-state index contributed by atoms with van der Waals surface area (Å²) in [6.45, 7) is 0. The highest BCUT2D eigenvalue weighted by Gasteiger charge is 2.13. The van der Waals surface area contributed by atoms with E-state index < -0.39 is 0 Å². The summed E-state index contributed by atoms with van der Waals surface area (Å²) >= 11 is 9.75. The van der Waals surface area contributed by atoms with Crippen LogP contribution in [0.5, 0.6) is 0 Å². The number of alkyl halides is 1. The second kappa shape index (κ2) is 6.17. The van der Waals surface area contributed by atoms with Gasteiger partial charge in [0.25, 0.3) is 0 Å². The molecule has 0 N–H and O–H groups in total. The van der Waals surface area contributed by atoms with Crippen LogP contribution in [-0.2, 0) is 6.42 Å². The first-order valence-electron chi connectivity index (χ1n) is 6.71. The molecule has 106 valence electrons. The zero-order chi connectivity index (χ0) is 14.8. The van der Waals surface area contributed by atoms with Crippen LogP contribution < -0.4 is 0 Å². The Hall–Kier alpha value is -1.38. The molecule has 0 aliphatic carbocycles. The van der Waals surface area contributed by atoms with E-state index in [9.17, 15) is 4.39 Å². The van der Waals surface area contributed by atoms with Crippen molar-refractivity contribution in [3.05, 3.63) is 82.6 Å². The predicted octanol–water partition coefficient (Wildman–Crippen LogP) is 6.31. The van der Waals surface area contributed by atoms with Gasteiger partial charge in [-0.05, 0) is 41.1 Å². The number of benzene rings is 3. The third kappa shape index (κ3) is 3.12. The predicted molar refractivity (Wildman–Crippen MR) is 90.7 cm³/mol. The fraction of sp³-hybridized carbons (Fsp3) is 0.111. The van der Waals surface area contributed by atoms with Crippen LogP contribution in [0.15, 0.2) is 60.7 Å². The van der Waals surface area contributed by atoms with Gasteiger partial charge in [-0.2, -0.15) is 0 Å². The van der Waals surface area contributed by atoms with Crippen LogP contribution in [0.25, 0.3) is 10.8 Å². The van der Waals surface area contributed by atoms with Crippen LogP contribution >= 0.6 is 27.5 Å². The minimum absolute atomic E-state index is 0.112. The van der Waals surface area contributed by atoms with E-state index in [0.29, 0.717) is 5.39 Å². The summed E-state index contributed by atoms with van der Waals surface area (Å²) in [5.74, 6) is -0.184. The van der Waals surface area contributed by atoms with Crippen LogP contribution in [0.4, 0.5) is 4.39 Å². The van der Waals surface area contributed by atoms with E-state index in [4.69, 9.17) is 11.6 Å². The number of rotatable bonds is 3. The number of halogens is 3. The quantitative estimate of drug-likeness (QED) is 0.478. The van der Waals surface area contributed by atoms with E-state index in [1.54, 1.807) is 0 Å². The maximum absolute atomic E-state index is 13.9. The van der Waals surface area contributed by atoms with Gasteiger partial charge in [-0.1, -0.05) is 70.0 Å². The van der Waals surface area contributed by atoms with Gasteiger partial charge in [-0.25, -0.2) is 4.39 Å². The molecule has 3 rings (SSSR count). The summed E-state index contributed by atoms with van der Waals surface area (Å²) in [5, 5.41) is 2.34. The summed E-state index contributed by atoms with van der Waals surface area (Å²) in [7, 11) is 0. The fourth-order valence-corrected chi connectivity index (χ4v) is 3.53. The minimum Gasteiger partial charge on any atom is -0.206 e. The largest absolute Gasteiger partial charge is 0.206 e. The molecule has 0 aliphatic rings. The number of hydrogen-bond donors (Lipinski definition) is 0. The molecule has 3 aromatic carbocycles. The zero-order valence-electron chi connectivity index (χ0n) is 11.2. The van der Waals surface area contributed by atoms with Crippen molar-refractivity contribution >= 4 is 38.3 Å². The standard InChI is InChI=1S/C18H13BrClF/c19-17(11-12-4-3-5-13(20)10-12)15-8-9-18(21)16-7-2-1-6-14(15)16/h1-10,17H,11H2. The Morgan fingerprint density at radius 1 is 0.952 bits per heavy atom. The zero-order valence-corrected chi connectivity index (χ0v) is 13.5. The molecular formula is C18H13BrClF. The van der Waals surface area contributed by atoms with E-state index in [1.807, 2.05) is 54.6 Å². The van der Waals surface area contributed by atoms with Gasteiger partial charge in [-0.3, -0.25) is 0 Å². The van der Waals surface area contributed by atoms with Crippen molar-refractivity contribution in [3.8, 4) is 0 Å². The third-order valence-corrected chi connectivity index (χ3v) is 4.60. The van der Waals surface area contributed by atoms with Crippen molar-refractivity contribution in [3.63, 3.8) is 0 Å². The highest BCUT2D eigenvalue weighted by Crippen LogP contribution is 2.34. The van der Waals surface area contributed by atoms with Crippen molar-refractivity contribution in [2.75, 3.05) is 0 Å². The molecule has 0 amide bonds. The smallest absolute Gasteiger partial charge is 0.131 e. The molecule has 0 saturated carbocycles. The summed E-state index contributed by atoms with van der Waals surface area (Å²) in [6, 6.07) is 18.8. The molecule has 0 radical (unpaired) electrons. The second-order valence-corrected chi connectivity index (χ2v) is 6.53. The molecule has 3 heteroatoms. The van der Waals surface area contributed by atoms with Crippen molar-refractivity contribution in [2.24, 2.45) is 0 Å². The van der Waals surface area contributed by atoms with Gasteiger partial charge in [-0.15, -0.1) is 0 Å². The van der Waals surface area contributed by atoms with Crippen LogP contribution in [0, 0.1) is 5.82 Å². The van der Waals surface area contributed by atoms with Gasteiger partial charge >= 0.3 is 0 Å². The maximum atomic E-state index is 13.9. The van der Waals surface area contributed by atoms with E-state index in [-0.39, 0.29) is 10.6 Å². The Labute approximate surface area is 136 Å². The molecule has 3 aromatic rings. The molecular weight excluding hydrogens is 351 g/mol. The van der Waals surface area contributed by atoms with Gasteiger partial charge in [0, 0.05) is 15.2 Å². The maximum Gasteiger partial charge on any atom is 0.131 e. The summed E-state index contributed by atoms with van der Waals surface area (Å²) in [6.07, 6.45) is 0.802. The topological polar surface area (TPSA) is 0 Å². The van der Waals surface area contributed by atoms with E-state index in [0.717, 1.165) is 28.0 Å². The lowest BCUT2D eigenvalue weighted by Gasteiger charge is -2.14. The molecule has 0 nitrogen and oxygen atoms in total. The van der Waals surface area contributed by atoms with Gasteiger partial charge in [0.1, 0.15) is 5.82 Å². The first-order chi connectivity index (χ1) is 10.1. The molecule has 0 saturated heterocycles. The van der Waals surface area contributed by atoms with Crippen molar-refractivity contribution in [1.82, 2.24) is 0 Å². The van der Waals surface area contributed by atoms with Crippen molar-refractivity contribution < 1.29 is 4.39 Å². The molecule has 0 bridgehead atoms. The van der Waals surface area contributed by atoms with Gasteiger partial charge < -0.3 is 0 Å². The first kappa shape index (κ1) is 14.6. The van der Waals surface area contributed by atoms with E-state index >= 15 is 0 Å². The molecule has 21 heavy (non-hydrogen) atoms. The average molecular weight is 364 g/mol. The molecule has 0 fully saturated rings. The lowest BCUT2D eigenvalue weighted by molar-refractivity contribution is 0.639. The van der Waals surface area contributed by atoms with Gasteiger partial charge in [0.2, 0.25) is 0 Å². The number of hydrogen-bond acceptors (Lipinski definition) is 0. The normalized spacial score (nSPS) is 12.5. The molecule has 0 heterocycles. The van der Waals surface area contributed by atoms with E-state index in [2.05, 4.69) is 15.9 Å². The van der Waals surface area contributed by atoms with Crippen LogP contribution in [0.2, 0.25) is 5.02 Å². The number of fused-ring (bicyclic) bond motifs is 1. The Morgan fingerprint density at radius 3 is 2.48 bits per heavy atom. The van der Waals surface area contributed by atoms with Crippen LogP contribution in [0.3, 0.4) is 0 Å². The molecule has 0 aromatic heterocycles. The molecule has 1 atom stereocenters. The lowest BCUT2D eigenvalue weighted by Crippen LogP contribution is -1.97. The van der Waals surface area contributed by atoms with Crippen molar-refractivity contribution in [1.29, 1.82) is 0 Å². The monoisotopic (exact) mass is 362 g/mol. The van der Waals surface area contributed by atoms with Crippen molar-refractivity contribution in [2.45, 2.75) is 11.2 Å².